The second kappa shape index (κ2) is 11.8. The van der Waals surface area contributed by atoms with Crippen molar-refractivity contribution in [3.8, 4) is 33.6 Å². The van der Waals surface area contributed by atoms with Gasteiger partial charge in [-0.15, -0.1) is 0 Å². The summed E-state index contributed by atoms with van der Waals surface area (Å²) >= 11 is 0. The Morgan fingerprint density at radius 1 is 0.551 bits per heavy atom. The average Bonchev–Trinajstić information content (AvgIpc) is 3.56. The van der Waals surface area contributed by atoms with Crippen LogP contribution in [0.4, 0.5) is 0 Å². The summed E-state index contributed by atoms with van der Waals surface area (Å²) in [5.41, 5.74) is 9.94. The Hall–Kier alpha value is -5.73. The van der Waals surface area contributed by atoms with Crippen molar-refractivity contribution >= 4 is 38.4 Å². The Bertz CT molecular complexity index is 2480. The summed E-state index contributed by atoms with van der Waals surface area (Å²) < 4.78 is 2.43. The number of aromatic nitrogens is 2. The van der Waals surface area contributed by atoms with Crippen molar-refractivity contribution in [2.24, 2.45) is 0 Å². The van der Waals surface area contributed by atoms with Crippen molar-refractivity contribution in [3.63, 3.8) is 0 Å². The number of fused-ring (bicyclic) bond motifs is 4. The average molecular weight is 631 g/mol. The highest BCUT2D eigenvalue weighted by Crippen LogP contribution is 2.49. The number of nitrogens with zero attached hydrogens (tertiary/aromatic N) is 2. The van der Waals surface area contributed by atoms with Crippen LogP contribution in [0.3, 0.4) is 0 Å². The molecule has 0 radical (unpaired) electrons. The van der Waals surface area contributed by atoms with Crippen molar-refractivity contribution in [2.45, 2.75) is 38.6 Å². The quantitative estimate of drug-likeness (QED) is 0.173. The maximum absolute atomic E-state index is 5.47. The zero-order valence-electron chi connectivity index (χ0n) is 28.1. The molecule has 2 heteroatoms. The molecule has 0 aliphatic heterocycles. The molecular weight excluding hydrogens is 593 g/mol. The zero-order valence-corrected chi connectivity index (χ0v) is 28.1. The van der Waals surface area contributed by atoms with E-state index in [1.807, 2.05) is 0 Å². The lowest BCUT2D eigenvalue weighted by Crippen LogP contribution is -2.14. The Morgan fingerprint density at radius 2 is 1.10 bits per heavy atom. The molecular formula is C47H38N2. The van der Waals surface area contributed by atoms with Gasteiger partial charge in [0.05, 0.1) is 11.4 Å². The molecule has 1 heterocycles. The van der Waals surface area contributed by atoms with Gasteiger partial charge in [0, 0.05) is 23.4 Å². The molecule has 7 aromatic carbocycles. The van der Waals surface area contributed by atoms with Crippen molar-refractivity contribution < 1.29 is 0 Å². The Morgan fingerprint density at radius 3 is 1.78 bits per heavy atom. The second-order valence-electron chi connectivity index (χ2n) is 13.7. The van der Waals surface area contributed by atoms with Gasteiger partial charge < -0.3 is 4.57 Å². The number of benzene rings is 7. The van der Waals surface area contributed by atoms with E-state index in [2.05, 4.69) is 183 Å². The van der Waals surface area contributed by atoms with Crippen LogP contribution in [-0.4, -0.2) is 9.55 Å². The van der Waals surface area contributed by atoms with Crippen LogP contribution >= 0.6 is 0 Å². The molecule has 2 atom stereocenters. The van der Waals surface area contributed by atoms with E-state index in [4.69, 9.17) is 4.98 Å². The third-order valence-electron chi connectivity index (χ3n) is 10.5. The molecule has 1 aliphatic rings. The highest BCUT2D eigenvalue weighted by atomic mass is 15.1. The summed E-state index contributed by atoms with van der Waals surface area (Å²) in [7, 11) is 0. The number of rotatable bonds is 5. The van der Waals surface area contributed by atoms with Crippen LogP contribution in [0.2, 0.25) is 0 Å². The summed E-state index contributed by atoms with van der Waals surface area (Å²) in [6, 6.07) is 53.3. The van der Waals surface area contributed by atoms with E-state index in [-0.39, 0.29) is 17.9 Å². The summed E-state index contributed by atoms with van der Waals surface area (Å²) in [5.74, 6) is 1.41. The minimum absolute atomic E-state index is 0.178. The zero-order chi connectivity index (χ0) is 33.1. The lowest BCUT2D eigenvalue weighted by molar-refractivity contribution is 0.592. The van der Waals surface area contributed by atoms with E-state index >= 15 is 0 Å². The Balaban J connectivity index is 1.19. The highest BCUT2D eigenvalue weighted by Gasteiger charge is 2.33. The van der Waals surface area contributed by atoms with Crippen molar-refractivity contribution in [2.75, 3.05) is 0 Å². The van der Waals surface area contributed by atoms with Crippen LogP contribution in [0.15, 0.2) is 152 Å². The van der Waals surface area contributed by atoms with E-state index in [9.17, 15) is 0 Å². The molecule has 236 valence electrons. The normalized spacial score (nSPS) is 15.8. The molecule has 1 aliphatic carbocycles. The monoisotopic (exact) mass is 630 g/mol. The largest absolute Gasteiger partial charge is 0.322 e. The fraction of sp³-hybridized carbons (Fsp3) is 0.128. The van der Waals surface area contributed by atoms with E-state index in [0.29, 0.717) is 0 Å². The maximum Gasteiger partial charge on any atom is 0.140 e. The molecule has 2 nitrogen and oxygen atoms in total. The van der Waals surface area contributed by atoms with E-state index in [1.165, 1.54) is 71.5 Å². The minimum atomic E-state index is 0.178. The van der Waals surface area contributed by atoms with E-state index in [1.54, 1.807) is 0 Å². The number of hydrogen-bond acceptors (Lipinski definition) is 1. The number of imidazole rings is 1. The molecule has 0 spiro atoms. The topological polar surface area (TPSA) is 17.8 Å². The first-order valence-corrected chi connectivity index (χ1v) is 17.5. The predicted molar refractivity (Wildman–Crippen MR) is 208 cm³/mol. The van der Waals surface area contributed by atoms with Crippen LogP contribution in [-0.2, 0) is 0 Å². The molecule has 0 N–H and O–H groups in total. The van der Waals surface area contributed by atoms with Gasteiger partial charge in [-0.05, 0) is 86.1 Å². The predicted octanol–water partition coefficient (Wildman–Crippen LogP) is 12.8. The molecule has 0 saturated carbocycles. The summed E-state index contributed by atoms with van der Waals surface area (Å²) in [6.07, 6.45) is 4.79. The van der Waals surface area contributed by atoms with E-state index in [0.717, 1.165) is 11.4 Å². The molecule has 0 saturated heterocycles. The van der Waals surface area contributed by atoms with Gasteiger partial charge in [-0.2, -0.15) is 0 Å². The lowest BCUT2D eigenvalue weighted by atomic mass is 9.76. The van der Waals surface area contributed by atoms with Gasteiger partial charge in [-0.3, -0.25) is 0 Å². The third-order valence-corrected chi connectivity index (χ3v) is 10.5. The van der Waals surface area contributed by atoms with E-state index < -0.39 is 0 Å². The third kappa shape index (κ3) is 4.82. The molecule has 0 fully saturated rings. The summed E-state index contributed by atoms with van der Waals surface area (Å²) in [6.45, 7) is 6.90. The first-order valence-electron chi connectivity index (χ1n) is 17.5. The summed E-state index contributed by atoms with van der Waals surface area (Å²) in [5, 5.41) is 7.75. The van der Waals surface area contributed by atoms with Gasteiger partial charge in [0.2, 0.25) is 0 Å². The van der Waals surface area contributed by atoms with Gasteiger partial charge in [-0.25, -0.2) is 4.98 Å². The van der Waals surface area contributed by atoms with Crippen molar-refractivity contribution in [1.29, 1.82) is 0 Å². The fourth-order valence-electron chi connectivity index (χ4n) is 8.19. The Kier molecular flexibility index (Phi) is 7.05. The second-order valence-corrected chi connectivity index (χ2v) is 13.7. The molecule has 49 heavy (non-hydrogen) atoms. The van der Waals surface area contributed by atoms with Gasteiger partial charge in [0.25, 0.3) is 0 Å². The highest BCUT2D eigenvalue weighted by molar-refractivity contribution is 6.16. The fourth-order valence-corrected chi connectivity index (χ4v) is 8.19. The van der Waals surface area contributed by atoms with Gasteiger partial charge in [-0.1, -0.05) is 153 Å². The van der Waals surface area contributed by atoms with Crippen LogP contribution < -0.4 is 0 Å². The van der Waals surface area contributed by atoms with Crippen LogP contribution in [0.1, 0.15) is 55.6 Å². The number of hydrogen-bond donors (Lipinski definition) is 0. The SMILES string of the molecule is CC1c2nc(-c3ccc(-c4ccccc4)cc3)n(C(C)C)c2C=CC1c1c2ccccc2c(-c2ccc3ccccc3c2)c2ccccc12. The molecule has 9 rings (SSSR count). The first kappa shape index (κ1) is 29.4. The molecule has 1 aromatic heterocycles. The van der Waals surface area contributed by atoms with Crippen LogP contribution in [0, 0.1) is 0 Å². The standard InChI is InChI=1S/C47H38N2/c1-30(2)49-43-28-27-38(31(3)46(43)48-47(49)35-24-21-34(22-25-35)32-13-5-4-6-14-32)45-41-19-11-9-17-39(41)44(40-18-10-12-20-42(40)45)37-26-23-33-15-7-8-16-36(33)29-37/h4-31,38H,1-3H3. The smallest absolute Gasteiger partial charge is 0.140 e. The number of allylic oxidation sites excluding steroid dienone is 1. The maximum atomic E-state index is 5.47. The molecule has 0 amide bonds. The van der Waals surface area contributed by atoms with Crippen molar-refractivity contribution in [1.82, 2.24) is 9.55 Å². The molecule has 8 aromatic rings. The molecule has 2 unspecified atom stereocenters. The Labute approximate surface area is 288 Å². The minimum Gasteiger partial charge on any atom is -0.322 e. The van der Waals surface area contributed by atoms with Gasteiger partial charge in [0.15, 0.2) is 0 Å². The van der Waals surface area contributed by atoms with Gasteiger partial charge in [0.1, 0.15) is 5.82 Å². The van der Waals surface area contributed by atoms with Crippen molar-refractivity contribution in [3.05, 3.63) is 169 Å². The van der Waals surface area contributed by atoms with Crippen LogP contribution in [0.25, 0.3) is 72.0 Å². The summed E-state index contributed by atoms with van der Waals surface area (Å²) in [4.78, 5) is 5.47. The first-order chi connectivity index (χ1) is 24.1. The lowest BCUT2D eigenvalue weighted by Gasteiger charge is -2.29. The van der Waals surface area contributed by atoms with Crippen LogP contribution in [0.5, 0.6) is 0 Å². The molecule has 0 bridgehead atoms. The van der Waals surface area contributed by atoms with Gasteiger partial charge >= 0.3 is 0 Å².